The average molecular weight is 356 g/mol. The number of hydrogen-bond donors (Lipinski definition) is 1. The highest BCUT2D eigenvalue weighted by molar-refractivity contribution is 5.74. The number of nitrogens with one attached hydrogen (secondary N) is 1. The summed E-state index contributed by atoms with van der Waals surface area (Å²) in [6, 6.07) is 11.4. The lowest BCUT2D eigenvalue weighted by Crippen LogP contribution is -2.51. The number of piperazine rings is 1. The van der Waals surface area contributed by atoms with Crippen molar-refractivity contribution in [3.05, 3.63) is 48.2 Å². The predicted octanol–water partition coefficient (Wildman–Crippen LogP) is 2.13. The van der Waals surface area contributed by atoms with Crippen molar-refractivity contribution in [3.8, 4) is 11.5 Å². The Morgan fingerprint density at radius 2 is 1.92 bits per heavy atom. The van der Waals surface area contributed by atoms with Crippen LogP contribution in [0.1, 0.15) is 5.56 Å². The number of pyridine rings is 1. The van der Waals surface area contributed by atoms with Gasteiger partial charge in [-0.25, -0.2) is 9.78 Å². The topological polar surface area (TPSA) is 66.9 Å². The molecule has 26 heavy (non-hydrogen) atoms. The van der Waals surface area contributed by atoms with Crippen LogP contribution in [0.4, 0.5) is 10.6 Å². The van der Waals surface area contributed by atoms with E-state index in [-0.39, 0.29) is 6.03 Å². The standard InChI is InChI=1S/C19H24N4O3/c1-25-16-7-6-15(17(13-16)26-2)14-21-19(24)23-11-9-22(10-12-23)18-5-3-4-8-20-18/h3-8,13H,9-12,14H2,1-2H3,(H,21,24). The molecule has 2 amide bonds. The number of carbonyl (C=O) groups is 1. The van der Waals surface area contributed by atoms with Gasteiger partial charge in [-0.05, 0) is 24.3 Å². The zero-order valence-corrected chi connectivity index (χ0v) is 15.1. The molecule has 1 N–H and O–H groups in total. The molecule has 0 bridgehead atoms. The number of carbonyl (C=O) groups excluding carboxylic acids is 1. The van der Waals surface area contributed by atoms with Crippen molar-refractivity contribution in [1.82, 2.24) is 15.2 Å². The number of benzene rings is 1. The molecule has 1 aliphatic heterocycles. The summed E-state index contributed by atoms with van der Waals surface area (Å²) in [5.41, 5.74) is 0.911. The third-order valence-corrected chi connectivity index (χ3v) is 4.46. The molecular weight excluding hydrogens is 332 g/mol. The third-order valence-electron chi connectivity index (χ3n) is 4.46. The van der Waals surface area contributed by atoms with Crippen molar-refractivity contribution in [2.75, 3.05) is 45.3 Å². The fourth-order valence-electron chi connectivity index (χ4n) is 2.96. The molecule has 138 valence electrons. The Bertz CT molecular complexity index is 731. The zero-order chi connectivity index (χ0) is 18.4. The number of aromatic nitrogens is 1. The molecule has 0 atom stereocenters. The smallest absolute Gasteiger partial charge is 0.317 e. The highest BCUT2D eigenvalue weighted by atomic mass is 16.5. The van der Waals surface area contributed by atoms with Crippen LogP contribution in [0.5, 0.6) is 11.5 Å². The lowest BCUT2D eigenvalue weighted by molar-refractivity contribution is 0.193. The molecule has 0 saturated carbocycles. The molecule has 7 nitrogen and oxygen atoms in total. The van der Waals surface area contributed by atoms with Crippen LogP contribution in [0.3, 0.4) is 0 Å². The molecule has 1 aliphatic rings. The van der Waals surface area contributed by atoms with Gasteiger partial charge in [0.05, 0.1) is 14.2 Å². The van der Waals surface area contributed by atoms with Crippen LogP contribution in [0.25, 0.3) is 0 Å². The molecule has 3 rings (SSSR count). The first-order valence-electron chi connectivity index (χ1n) is 8.61. The normalized spacial score (nSPS) is 14.1. The first kappa shape index (κ1) is 17.8. The first-order valence-corrected chi connectivity index (χ1v) is 8.61. The summed E-state index contributed by atoms with van der Waals surface area (Å²) in [6.07, 6.45) is 1.79. The molecule has 1 aromatic heterocycles. The Morgan fingerprint density at radius 3 is 2.58 bits per heavy atom. The lowest BCUT2D eigenvalue weighted by atomic mass is 10.2. The van der Waals surface area contributed by atoms with Gasteiger partial charge in [0, 0.05) is 50.6 Å². The van der Waals surface area contributed by atoms with E-state index in [0.717, 1.165) is 30.2 Å². The van der Waals surface area contributed by atoms with E-state index in [1.54, 1.807) is 20.4 Å². The van der Waals surface area contributed by atoms with Crippen LogP contribution in [0.2, 0.25) is 0 Å². The van der Waals surface area contributed by atoms with E-state index in [0.29, 0.717) is 25.4 Å². The largest absolute Gasteiger partial charge is 0.497 e. The number of amides is 2. The van der Waals surface area contributed by atoms with E-state index >= 15 is 0 Å². The van der Waals surface area contributed by atoms with Crippen LogP contribution < -0.4 is 19.7 Å². The van der Waals surface area contributed by atoms with E-state index in [1.807, 2.05) is 41.3 Å². The Balaban J connectivity index is 1.52. The molecule has 1 aromatic carbocycles. The maximum absolute atomic E-state index is 12.5. The van der Waals surface area contributed by atoms with Gasteiger partial charge in [0.2, 0.25) is 0 Å². The van der Waals surface area contributed by atoms with Crippen LogP contribution in [0, 0.1) is 0 Å². The Kier molecular flexibility index (Phi) is 5.78. The molecule has 1 saturated heterocycles. The quantitative estimate of drug-likeness (QED) is 0.889. The second kappa shape index (κ2) is 8.42. The first-order chi connectivity index (χ1) is 12.7. The minimum atomic E-state index is -0.0662. The van der Waals surface area contributed by atoms with Gasteiger partial charge >= 0.3 is 6.03 Å². The predicted molar refractivity (Wildman–Crippen MR) is 99.8 cm³/mol. The number of methoxy groups -OCH3 is 2. The fourth-order valence-corrected chi connectivity index (χ4v) is 2.96. The van der Waals surface area contributed by atoms with Gasteiger partial charge in [-0.2, -0.15) is 0 Å². The Hall–Kier alpha value is -2.96. The number of ether oxygens (including phenoxy) is 2. The second-order valence-corrected chi connectivity index (χ2v) is 6.00. The summed E-state index contributed by atoms with van der Waals surface area (Å²) in [5.74, 6) is 2.38. The van der Waals surface area contributed by atoms with Crippen molar-refractivity contribution in [2.24, 2.45) is 0 Å². The number of rotatable bonds is 5. The molecule has 0 radical (unpaired) electrons. The minimum absolute atomic E-state index is 0.0662. The summed E-state index contributed by atoms with van der Waals surface area (Å²) >= 11 is 0. The average Bonchev–Trinajstić information content (AvgIpc) is 2.72. The van der Waals surface area contributed by atoms with Gasteiger partial charge in [0.25, 0.3) is 0 Å². The van der Waals surface area contributed by atoms with Gasteiger partial charge in [0.15, 0.2) is 0 Å². The molecule has 1 fully saturated rings. The van der Waals surface area contributed by atoms with Gasteiger partial charge < -0.3 is 24.6 Å². The van der Waals surface area contributed by atoms with Gasteiger partial charge in [-0.1, -0.05) is 6.07 Å². The SMILES string of the molecule is COc1ccc(CNC(=O)N2CCN(c3ccccn3)CC2)c(OC)c1. The third kappa shape index (κ3) is 4.17. The summed E-state index contributed by atoms with van der Waals surface area (Å²) in [5, 5.41) is 2.97. The van der Waals surface area contributed by atoms with Crippen molar-refractivity contribution in [1.29, 1.82) is 0 Å². The monoisotopic (exact) mass is 356 g/mol. The Morgan fingerprint density at radius 1 is 1.12 bits per heavy atom. The van der Waals surface area contributed by atoms with Gasteiger partial charge in [-0.15, -0.1) is 0 Å². The van der Waals surface area contributed by atoms with Crippen molar-refractivity contribution < 1.29 is 14.3 Å². The minimum Gasteiger partial charge on any atom is -0.497 e. The van der Waals surface area contributed by atoms with E-state index in [2.05, 4.69) is 15.2 Å². The number of anilines is 1. The van der Waals surface area contributed by atoms with E-state index in [1.165, 1.54) is 0 Å². The van der Waals surface area contributed by atoms with Crippen LogP contribution in [-0.2, 0) is 6.54 Å². The van der Waals surface area contributed by atoms with E-state index in [4.69, 9.17) is 9.47 Å². The highest BCUT2D eigenvalue weighted by Gasteiger charge is 2.21. The van der Waals surface area contributed by atoms with E-state index in [9.17, 15) is 4.79 Å². The summed E-state index contributed by atoms with van der Waals surface area (Å²) in [7, 11) is 3.22. The van der Waals surface area contributed by atoms with Gasteiger partial charge in [0.1, 0.15) is 17.3 Å². The number of hydrogen-bond acceptors (Lipinski definition) is 5. The van der Waals surface area contributed by atoms with Gasteiger partial charge in [-0.3, -0.25) is 0 Å². The van der Waals surface area contributed by atoms with E-state index < -0.39 is 0 Å². The molecular formula is C19H24N4O3. The van der Waals surface area contributed by atoms with Crippen LogP contribution >= 0.6 is 0 Å². The van der Waals surface area contributed by atoms with Crippen LogP contribution in [-0.4, -0.2) is 56.3 Å². The molecule has 7 heteroatoms. The maximum atomic E-state index is 12.5. The lowest BCUT2D eigenvalue weighted by Gasteiger charge is -2.35. The highest BCUT2D eigenvalue weighted by Crippen LogP contribution is 2.24. The summed E-state index contributed by atoms with van der Waals surface area (Å²) in [4.78, 5) is 20.8. The van der Waals surface area contributed by atoms with Crippen molar-refractivity contribution >= 4 is 11.8 Å². The molecule has 0 unspecified atom stereocenters. The molecule has 2 heterocycles. The van der Waals surface area contributed by atoms with Crippen molar-refractivity contribution in [2.45, 2.75) is 6.54 Å². The number of urea groups is 1. The van der Waals surface area contributed by atoms with Crippen LogP contribution in [0.15, 0.2) is 42.6 Å². The molecule has 0 spiro atoms. The fraction of sp³-hybridized carbons (Fsp3) is 0.368. The second-order valence-electron chi connectivity index (χ2n) is 6.00. The maximum Gasteiger partial charge on any atom is 0.317 e. The molecule has 0 aliphatic carbocycles. The number of nitrogens with zero attached hydrogens (tertiary/aromatic N) is 3. The zero-order valence-electron chi connectivity index (χ0n) is 15.1. The summed E-state index contributed by atoms with van der Waals surface area (Å²) < 4.78 is 10.6. The molecule has 2 aromatic rings. The summed E-state index contributed by atoms with van der Waals surface area (Å²) in [6.45, 7) is 3.29. The van der Waals surface area contributed by atoms with Crippen molar-refractivity contribution in [3.63, 3.8) is 0 Å². The Labute approximate surface area is 153 Å².